The first-order chi connectivity index (χ1) is 8.73. The van der Waals surface area contributed by atoms with Gasteiger partial charge in [0.25, 0.3) is 0 Å². The Morgan fingerprint density at radius 1 is 1.53 bits per heavy atom. The van der Waals surface area contributed by atoms with E-state index in [4.69, 9.17) is 16.4 Å². The fraction of sp³-hybridized carbons (Fsp3) is 0.417. The van der Waals surface area contributed by atoms with Crippen molar-refractivity contribution in [3.63, 3.8) is 0 Å². The van der Waals surface area contributed by atoms with E-state index in [2.05, 4.69) is 10.2 Å². The van der Waals surface area contributed by atoms with Gasteiger partial charge in [-0.1, -0.05) is 0 Å². The normalized spacial score (nSPS) is 12.3. The average molecular weight is 282 g/mol. The van der Waals surface area contributed by atoms with Gasteiger partial charge in [-0.25, -0.2) is 14.4 Å². The average Bonchev–Trinajstić information content (AvgIpc) is 2.71. The van der Waals surface area contributed by atoms with Crippen LogP contribution in [0.3, 0.4) is 0 Å². The summed E-state index contributed by atoms with van der Waals surface area (Å²) in [6, 6.07) is 0.226. The lowest BCUT2D eigenvalue weighted by Gasteiger charge is -2.21. The lowest BCUT2D eigenvalue weighted by atomic mass is 10.2. The summed E-state index contributed by atoms with van der Waals surface area (Å²) in [6.07, 6.45) is -0.808. The van der Waals surface area contributed by atoms with Crippen LogP contribution < -0.4 is 5.32 Å². The van der Waals surface area contributed by atoms with E-state index in [9.17, 15) is 9.59 Å². The highest BCUT2D eigenvalue weighted by Gasteiger charge is 2.26. The first kappa shape index (κ1) is 15.0. The van der Waals surface area contributed by atoms with E-state index in [0.717, 1.165) is 11.3 Å². The van der Waals surface area contributed by atoms with E-state index in [1.807, 2.05) is 0 Å². The van der Waals surface area contributed by atoms with Crippen LogP contribution in [0, 0.1) is 6.57 Å². The van der Waals surface area contributed by atoms with Gasteiger partial charge in [0.2, 0.25) is 0 Å². The number of aliphatic carboxylic acids is 1. The summed E-state index contributed by atoms with van der Waals surface area (Å²) in [6.45, 7) is 11.9. The van der Waals surface area contributed by atoms with Crippen molar-refractivity contribution >= 4 is 29.1 Å². The summed E-state index contributed by atoms with van der Waals surface area (Å²) in [7, 11) is 0. The van der Waals surface area contributed by atoms with Gasteiger partial charge in [0.05, 0.1) is 6.57 Å². The van der Waals surface area contributed by atoms with Crippen molar-refractivity contribution in [1.82, 2.24) is 5.32 Å². The molecule has 0 aliphatic rings. The fourth-order valence-corrected chi connectivity index (χ4v) is 2.09. The maximum absolute atomic E-state index is 11.6. The molecule has 0 aliphatic carbocycles. The highest BCUT2D eigenvalue weighted by atomic mass is 32.1. The van der Waals surface area contributed by atoms with E-state index in [1.54, 1.807) is 20.8 Å². The highest BCUT2D eigenvalue weighted by Crippen LogP contribution is 2.27. The van der Waals surface area contributed by atoms with Crippen molar-refractivity contribution in [1.29, 1.82) is 0 Å². The van der Waals surface area contributed by atoms with Crippen molar-refractivity contribution in [2.75, 3.05) is 0 Å². The Hall–Kier alpha value is -2.07. The van der Waals surface area contributed by atoms with Crippen LogP contribution in [0.15, 0.2) is 11.4 Å². The molecule has 0 radical (unpaired) electrons. The Morgan fingerprint density at radius 2 is 2.16 bits per heavy atom. The molecule has 0 aliphatic heterocycles. The molecule has 6 nitrogen and oxygen atoms in total. The molecule has 0 saturated heterocycles. The summed E-state index contributed by atoms with van der Waals surface area (Å²) in [5.74, 6) is -1.20. The zero-order valence-corrected chi connectivity index (χ0v) is 11.6. The first-order valence-corrected chi connectivity index (χ1v) is 6.29. The van der Waals surface area contributed by atoms with Gasteiger partial charge in [-0.3, -0.25) is 0 Å². The lowest BCUT2D eigenvalue weighted by molar-refractivity contribution is -0.139. The summed E-state index contributed by atoms with van der Waals surface area (Å²) < 4.78 is 5.00. The molecular weight excluding hydrogens is 268 g/mol. The maximum Gasteiger partial charge on any atom is 0.408 e. The van der Waals surface area contributed by atoms with E-state index < -0.39 is 23.7 Å². The second kappa shape index (κ2) is 5.71. The molecule has 1 aromatic rings. The van der Waals surface area contributed by atoms with Gasteiger partial charge in [-0.2, -0.15) is 11.3 Å². The van der Waals surface area contributed by atoms with Crippen molar-refractivity contribution in [2.24, 2.45) is 0 Å². The second-order valence-electron chi connectivity index (χ2n) is 4.74. The predicted octanol–water partition coefficient (Wildman–Crippen LogP) is 2.95. The number of hydrogen-bond donors (Lipinski definition) is 2. The van der Waals surface area contributed by atoms with Gasteiger partial charge in [0.15, 0.2) is 11.7 Å². The predicted molar refractivity (Wildman–Crippen MR) is 70.3 cm³/mol. The SMILES string of the molecule is [C-]#[N+]c1csc(C(NC(=O)OC(C)(C)C)C(=O)O)c1. The number of nitrogens with zero attached hydrogens (tertiary/aromatic N) is 1. The summed E-state index contributed by atoms with van der Waals surface area (Å²) in [4.78, 5) is 26.3. The van der Waals surface area contributed by atoms with E-state index in [-0.39, 0.29) is 0 Å². The topological polar surface area (TPSA) is 80.0 Å². The van der Waals surface area contributed by atoms with Gasteiger partial charge < -0.3 is 15.2 Å². The molecule has 1 rings (SSSR count). The molecule has 0 aromatic carbocycles. The van der Waals surface area contributed by atoms with E-state index >= 15 is 0 Å². The molecule has 0 saturated carbocycles. The zero-order chi connectivity index (χ0) is 14.6. The Kier molecular flexibility index (Phi) is 4.51. The van der Waals surface area contributed by atoms with Crippen LogP contribution in [0.25, 0.3) is 4.85 Å². The van der Waals surface area contributed by atoms with Gasteiger partial charge in [-0.05, 0) is 32.2 Å². The molecule has 2 N–H and O–H groups in total. The Balaban J connectivity index is 2.83. The largest absolute Gasteiger partial charge is 0.479 e. The molecule has 0 bridgehead atoms. The Morgan fingerprint density at radius 3 is 2.58 bits per heavy atom. The van der Waals surface area contributed by atoms with Gasteiger partial charge >= 0.3 is 12.1 Å². The molecule has 1 amide bonds. The van der Waals surface area contributed by atoms with Crippen LogP contribution in [0.2, 0.25) is 0 Å². The number of rotatable bonds is 3. The smallest absolute Gasteiger partial charge is 0.408 e. The quantitative estimate of drug-likeness (QED) is 0.835. The number of carbonyl (C=O) groups excluding carboxylic acids is 1. The lowest BCUT2D eigenvalue weighted by Crippen LogP contribution is -2.37. The van der Waals surface area contributed by atoms with Crippen molar-refractivity contribution in [3.8, 4) is 0 Å². The third kappa shape index (κ3) is 4.60. The third-order valence-electron chi connectivity index (χ3n) is 1.93. The summed E-state index contributed by atoms with van der Waals surface area (Å²) in [5, 5.41) is 12.9. The summed E-state index contributed by atoms with van der Waals surface area (Å²) in [5.41, 5.74) is -0.359. The van der Waals surface area contributed by atoms with Gasteiger partial charge in [0.1, 0.15) is 5.60 Å². The Labute approximate surface area is 114 Å². The first-order valence-electron chi connectivity index (χ1n) is 5.41. The number of hydrogen-bond acceptors (Lipinski definition) is 4. The molecule has 0 fully saturated rings. The van der Waals surface area contributed by atoms with E-state index in [1.165, 1.54) is 11.4 Å². The van der Waals surface area contributed by atoms with Crippen LogP contribution in [-0.4, -0.2) is 22.8 Å². The van der Waals surface area contributed by atoms with Crippen molar-refractivity contribution in [3.05, 3.63) is 27.7 Å². The Bertz CT molecular complexity index is 525. The third-order valence-corrected chi connectivity index (χ3v) is 2.91. The second-order valence-corrected chi connectivity index (χ2v) is 5.68. The standard InChI is InChI=1S/C12H14N2O4S/c1-12(2,3)18-11(17)14-9(10(15)16)8-5-7(13-4)6-19-8/h5-6,9H,1-3H3,(H,14,17)(H,15,16). The molecule has 1 atom stereocenters. The molecular formula is C12H14N2O4S. The van der Waals surface area contributed by atoms with Crippen LogP contribution in [0.5, 0.6) is 0 Å². The number of amides is 1. The van der Waals surface area contributed by atoms with Crippen molar-refractivity contribution in [2.45, 2.75) is 32.4 Å². The summed E-state index contributed by atoms with van der Waals surface area (Å²) >= 11 is 1.11. The molecule has 1 unspecified atom stereocenters. The number of ether oxygens (including phenoxy) is 1. The van der Waals surface area contributed by atoms with Crippen LogP contribution >= 0.6 is 11.3 Å². The molecule has 1 heterocycles. The maximum atomic E-state index is 11.6. The monoisotopic (exact) mass is 282 g/mol. The van der Waals surface area contributed by atoms with E-state index in [0.29, 0.717) is 10.6 Å². The van der Waals surface area contributed by atoms with Gasteiger partial charge in [-0.15, -0.1) is 0 Å². The minimum absolute atomic E-state index is 0.345. The molecule has 1 aromatic heterocycles. The molecule has 19 heavy (non-hydrogen) atoms. The van der Waals surface area contributed by atoms with Crippen molar-refractivity contribution < 1.29 is 19.4 Å². The minimum Gasteiger partial charge on any atom is -0.479 e. The van der Waals surface area contributed by atoms with Crippen LogP contribution in [0.4, 0.5) is 10.5 Å². The van der Waals surface area contributed by atoms with Crippen LogP contribution in [0.1, 0.15) is 31.7 Å². The number of carbonyl (C=O) groups is 2. The molecule has 7 heteroatoms. The number of thiophene rings is 1. The number of carboxylic acid groups (broad SMARTS) is 1. The number of alkyl carbamates (subject to hydrolysis) is 1. The van der Waals surface area contributed by atoms with Gasteiger partial charge in [0, 0.05) is 4.88 Å². The fourth-order valence-electron chi connectivity index (χ4n) is 1.23. The zero-order valence-electron chi connectivity index (χ0n) is 10.8. The highest BCUT2D eigenvalue weighted by molar-refractivity contribution is 7.10. The minimum atomic E-state index is -1.21. The number of carboxylic acids is 1. The molecule has 102 valence electrons. The molecule has 0 spiro atoms. The van der Waals surface area contributed by atoms with Crippen LogP contribution in [-0.2, 0) is 9.53 Å². The number of nitrogens with one attached hydrogen (secondary N) is 1.